The number of ether oxygens (including phenoxy) is 1. The molecule has 1 aliphatic heterocycles. The Morgan fingerprint density at radius 2 is 2.17 bits per heavy atom. The number of rotatable bonds is 2. The number of hydrogen-bond donors (Lipinski definition) is 1. The molecule has 1 N–H and O–H groups in total. The maximum absolute atomic E-state index is 12.0. The second-order valence-electron chi connectivity index (χ2n) is 4.01. The van der Waals surface area contributed by atoms with Crippen molar-refractivity contribution < 1.29 is 9.53 Å². The van der Waals surface area contributed by atoms with Gasteiger partial charge in [0.25, 0.3) is 5.91 Å². The lowest BCUT2D eigenvalue weighted by atomic mass is 10.2. The predicted octanol–water partition coefficient (Wildman–Crippen LogP) is 2.47. The van der Waals surface area contributed by atoms with Gasteiger partial charge in [-0.2, -0.15) is 0 Å². The Balaban J connectivity index is 1.77. The number of amides is 1. The number of anilines is 1. The zero-order chi connectivity index (χ0) is 12.4. The molecule has 0 saturated carbocycles. The van der Waals surface area contributed by atoms with Gasteiger partial charge >= 0.3 is 0 Å². The first-order valence-corrected chi connectivity index (χ1v) is 6.57. The van der Waals surface area contributed by atoms with Crippen LogP contribution in [0.5, 0.6) is 0 Å². The van der Waals surface area contributed by atoms with Crippen LogP contribution in [0, 0.1) is 0 Å². The van der Waals surface area contributed by atoms with Crippen LogP contribution in [0.15, 0.2) is 30.3 Å². The molecule has 0 aliphatic carbocycles. The van der Waals surface area contributed by atoms with E-state index in [1.807, 2.05) is 18.2 Å². The number of carbonyl (C=O) groups excluding carboxylic acids is 1. The molecule has 0 saturated heterocycles. The topological polar surface area (TPSA) is 51.2 Å². The van der Waals surface area contributed by atoms with E-state index in [4.69, 9.17) is 4.74 Å². The first-order valence-electron chi connectivity index (χ1n) is 5.75. The van der Waals surface area contributed by atoms with Gasteiger partial charge in [0, 0.05) is 12.0 Å². The highest BCUT2D eigenvalue weighted by Gasteiger charge is 2.16. The summed E-state index contributed by atoms with van der Waals surface area (Å²) >= 11 is 1.49. The van der Waals surface area contributed by atoms with Crippen LogP contribution in [0.25, 0.3) is 0 Å². The fraction of sp³-hybridized carbons (Fsp3) is 0.231. The largest absolute Gasteiger partial charge is 0.375 e. The van der Waals surface area contributed by atoms with Gasteiger partial charge in [-0.25, -0.2) is 4.98 Å². The second-order valence-corrected chi connectivity index (χ2v) is 5.10. The van der Waals surface area contributed by atoms with Crippen molar-refractivity contribution >= 4 is 22.4 Å². The summed E-state index contributed by atoms with van der Waals surface area (Å²) in [5, 5.41) is 3.48. The van der Waals surface area contributed by atoms with Crippen LogP contribution in [0.4, 0.5) is 5.13 Å². The number of benzene rings is 1. The number of nitrogens with zero attached hydrogens (tertiary/aromatic N) is 1. The van der Waals surface area contributed by atoms with Crippen molar-refractivity contribution in [3.63, 3.8) is 0 Å². The van der Waals surface area contributed by atoms with Crippen LogP contribution in [-0.4, -0.2) is 17.5 Å². The SMILES string of the molecule is O=C(Nc1nc2c(s1)COCC2)c1ccccc1. The smallest absolute Gasteiger partial charge is 0.257 e. The Morgan fingerprint density at radius 3 is 2.94 bits per heavy atom. The number of thiazole rings is 1. The predicted molar refractivity (Wildman–Crippen MR) is 69.9 cm³/mol. The number of carbonyl (C=O) groups is 1. The minimum absolute atomic E-state index is 0.123. The van der Waals surface area contributed by atoms with E-state index in [0.29, 0.717) is 23.9 Å². The zero-order valence-electron chi connectivity index (χ0n) is 9.68. The third kappa shape index (κ3) is 2.27. The highest BCUT2D eigenvalue weighted by Crippen LogP contribution is 2.27. The van der Waals surface area contributed by atoms with Gasteiger partial charge in [-0.05, 0) is 12.1 Å². The van der Waals surface area contributed by atoms with E-state index in [-0.39, 0.29) is 5.91 Å². The molecule has 2 heterocycles. The summed E-state index contributed by atoms with van der Waals surface area (Å²) in [6, 6.07) is 9.14. The summed E-state index contributed by atoms with van der Waals surface area (Å²) < 4.78 is 5.36. The van der Waals surface area contributed by atoms with Gasteiger partial charge in [0.1, 0.15) is 0 Å². The average molecular weight is 260 g/mol. The molecule has 1 aromatic carbocycles. The van der Waals surface area contributed by atoms with Gasteiger partial charge in [0.2, 0.25) is 0 Å². The van der Waals surface area contributed by atoms with Gasteiger partial charge in [0.15, 0.2) is 5.13 Å². The third-order valence-corrected chi connectivity index (χ3v) is 3.74. The fourth-order valence-electron chi connectivity index (χ4n) is 1.84. The van der Waals surface area contributed by atoms with Crippen LogP contribution >= 0.6 is 11.3 Å². The highest BCUT2D eigenvalue weighted by atomic mass is 32.1. The van der Waals surface area contributed by atoms with Crippen molar-refractivity contribution in [1.82, 2.24) is 4.98 Å². The maximum Gasteiger partial charge on any atom is 0.257 e. The quantitative estimate of drug-likeness (QED) is 0.902. The van der Waals surface area contributed by atoms with Crippen LogP contribution in [0.1, 0.15) is 20.9 Å². The van der Waals surface area contributed by atoms with E-state index in [0.717, 1.165) is 17.0 Å². The molecule has 0 unspecified atom stereocenters. The molecule has 1 aromatic heterocycles. The van der Waals surface area contributed by atoms with E-state index in [1.54, 1.807) is 12.1 Å². The van der Waals surface area contributed by atoms with E-state index in [1.165, 1.54) is 11.3 Å². The number of fused-ring (bicyclic) bond motifs is 1. The summed E-state index contributed by atoms with van der Waals surface area (Å²) in [4.78, 5) is 17.5. The Bertz CT molecular complexity index is 542. The minimum atomic E-state index is -0.123. The minimum Gasteiger partial charge on any atom is -0.375 e. The van der Waals surface area contributed by atoms with Crippen LogP contribution in [0.2, 0.25) is 0 Å². The first kappa shape index (κ1) is 11.4. The Hall–Kier alpha value is -1.72. The number of nitrogens with one attached hydrogen (secondary N) is 1. The summed E-state index contributed by atoms with van der Waals surface area (Å²) in [5.41, 5.74) is 1.69. The summed E-state index contributed by atoms with van der Waals surface area (Å²) in [6.07, 6.45) is 0.826. The molecule has 92 valence electrons. The Kier molecular flexibility index (Phi) is 3.08. The molecular formula is C13H12N2O2S. The lowest BCUT2D eigenvalue weighted by Gasteiger charge is -2.08. The van der Waals surface area contributed by atoms with Gasteiger partial charge in [-0.1, -0.05) is 29.5 Å². The lowest BCUT2D eigenvalue weighted by molar-refractivity contribution is 0.102. The summed E-state index contributed by atoms with van der Waals surface area (Å²) in [5.74, 6) is -0.123. The van der Waals surface area contributed by atoms with Gasteiger partial charge in [-0.3, -0.25) is 10.1 Å². The molecule has 1 aliphatic rings. The Morgan fingerprint density at radius 1 is 1.33 bits per heavy atom. The molecule has 2 aromatic rings. The van der Waals surface area contributed by atoms with Gasteiger partial charge in [-0.15, -0.1) is 0 Å². The maximum atomic E-state index is 12.0. The van der Waals surface area contributed by atoms with Crippen molar-refractivity contribution in [1.29, 1.82) is 0 Å². The van der Waals surface area contributed by atoms with Crippen LogP contribution < -0.4 is 5.32 Å². The lowest BCUT2D eigenvalue weighted by Crippen LogP contribution is -2.11. The summed E-state index contributed by atoms with van der Waals surface area (Å²) in [6.45, 7) is 1.32. The zero-order valence-corrected chi connectivity index (χ0v) is 10.5. The normalized spacial score (nSPS) is 14.0. The molecule has 1 amide bonds. The third-order valence-electron chi connectivity index (χ3n) is 2.75. The molecule has 5 heteroatoms. The van der Waals surface area contributed by atoms with E-state index < -0.39 is 0 Å². The molecule has 0 fully saturated rings. The first-order chi connectivity index (χ1) is 8.83. The fourth-order valence-corrected chi connectivity index (χ4v) is 2.78. The number of hydrogen-bond acceptors (Lipinski definition) is 4. The van der Waals surface area contributed by atoms with Crippen molar-refractivity contribution in [2.45, 2.75) is 13.0 Å². The van der Waals surface area contributed by atoms with Crippen molar-refractivity contribution in [2.75, 3.05) is 11.9 Å². The monoisotopic (exact) mass is 260 g/mol. The molecular weight excluding hydrogens is 248 g/mol. The molecule has 0 radical (unpaired) electrons. The highest BCUT2D eigenvalue weighted by molar-refractivity contribution is 7.15. The molecule has 0 bridgehead atoms. The molecule has 0 atom stereocenters. The van der Waals surface area contributed by atoms with Crippen LogP contribution in [0.3, 0.4) is 0 Å². The van der Waals surface area contributed by atoms with E-state index in [9.17, 15) is 4.79 Å². The average Bonchev–Trinajstić information content (AvgIpc) is 2.82. The Labute approximate surface area is 109 Å². The van der Waals surface area contributed by atoms with E-state index >= 15 is 0 Å². The van der Waals surface area contributed by atoms with Crippen molar-refractivity contribution in [2.24, 2.45) is 0 Å². The summed E-state index contributed by atoms with van der Waals surface area (Å²) in [7, 11) is 0. The molecule has 3 rings (SSSR count). The van der Waals surface area contributed by atoms with Crippen LogP contribution in [-0.2, 0) is 17.8 Å². The molecule has 4 nitrogen and oxygen atoms in total. The van der Waals surface area contributed by atoms with Crippen molar-refractivity contribution in [3.05, 3.63) is 46.5 Å². The molecule has 0 spiro atoms. The van der Waals surface area contributed by atoms with Gasteiger partial charge < -0.3 is 4.74 Å². The van der Waals surface area contributed by atoms with Gasteiger partial charge in [0.05, 0.1) is 23.8 Å². The second kappa shape index (κ2) is 4.88. The molecule has 18 heavy (non-hydrogen) atoms. The standard InChI is InChI=1S/C13H12N2O2S/c16-12(9-4-2-1-3-5-9)15-13-14-10-6-7-17-8-11(10)18-13/h1-5H,6-8H2,(H,14,15,16). The van der Waals surface area contributed by atoms with Crippen molar-refractivity contribution in [3.8, 4) is 0 Å². The van der Waals surface area contributed by atoms with E-state index in [2.05, 4.69) is 10.3 Å². The number of aromatic nitrogens is 1.